The third-order valence-corrected chi connectivity index (χ3v) is 3.10. The molecule has 0 radical (unpaired) electrons. The fourth-order valence-corrected chi connectivity index (χ4v) is 2.30. The quantitative estimate of drug-likeness (QED) is 0.800. The van der Waals surface area contributed by atoms with Gasteiger partial charge in [-0.3, -0.25) is 0 Å². The summed E-state index contributed by atoms with van der Waals surface area (Å²) in [6, 6.07) is 5.76. The summed E-state index contributed by atoms with van der Waals surface area (Å²) in [7, 11) is 0. The molecule has 0 N–H and O–H groups in total. The molecular formula is C17H24O4. The number of esters is 1. The van der Waals surface area contributed by atoms with Gasteiger partial charge in [0, 0.05) is 12.0 Å². The van der Waals surface area contributed by atoms with Crippen LogP contribution in [0.3, 0.4) is 0 Å². The summed E-state index contributed by atoms with van der Waals surface area (Å²) in [6.45, 7) is 11.3. The van der Waals surface area contributed by atoms with Crippen LogP contribution in [0.15, 0.2) is 18.2 Å². The molecular weight excluding hydrogens is 268 g/mol. The van der Waals surface area contributed by atoms with Gasteiger partial charge in [0.1, 0.15) is 11.2 Å². The summed E-state index contributed by atoms with van der Waals surface area (Å²) >= 11 is 0. The molecule has 0 bridgehead atoms. The van der Waals surface area contributed by atoms with E-state index in [1.165, 1.54) is 0 Å². The van der Waals surface area contributed by atoms with E-state index >= 15 is 0 Å². The number of benzene rings is 1. The van der Waals surface area contributed by atoms with E-state index in [1.807, 2.05) is 52.8 Å². The Morgan fingerprint density at radius 1 is 1.33 bits per heavy atom. The molecule has 0 aliphatic carbocycles. The monoisotopic (exact) mass is 292 g/mol. The zero-order valence-corrected chi connectivity index (χ0v) is 13.6. The van der Waals surface area contributed by atoms with Gasteiger partial charge in [-0.15, -0.1) is 0 Å². The average molecular weight is 292 g/mol. The summed E-state index contributed by atoms with van der Waals surface area (Å²) in [5, 5.41) is 0. The maximum Gasteiger partial charge on any atom is 0.347 e. The number of ether oxygens (including phenoxy) is 3. The summed E-state index contributed by atoms with van der Waals surface area (Å²) in [6.07, 6.45) is 0.156. The minimum atomic E-state index is -0.678. The fourth-order valence-electron chi connectivity index (χ4n) is 2.30. The molecule has 1 aliphatic heterocycles. The first-order chi connectivity index (χ1) is 9.57. The minimum Gasteiger partial charge on any atom is -0.483 e. The van der Waals surface area contributed by atoms with Crippen molar-refractivity contribution < 1.29 is 19.0 Å². The van der Waals surface area contributed by atoms with E-state index in [0.717, 1.165) is 17.7 Å². The summed E-state index contributed by atoms with van der Waals surface area (Å²) in [5.74, 6) is 0.951. The minimum absolute atomic E-state index is 0.239. The highest BCUT2D eigenvalue weighted by atomic mass is 16.6. The molecule has 1 aromatic rings. The molecule has 116 valence electrons. The van der Waals surface area contributed by atoms with Crippen LogP contribution in [0.1, 0.15) is 47.1 Å². The van der Waals surface area contributed by atoms with Crippen LogP contribution < -0.4 is 9.47 Å². The van der Waals surface area contributed by atoms with E-state index in [0.29, 0.717) is 5.75 Å². The van der Waals surface area contributed by atoms with Crippen molar-refractivity contribution in [1.29, 1.82) is 0 Å². The number of carbonyl (C=O) groups excluding carboxylic acids is 1. The van der Waals surface area contributed by atoms with E-state index in [9.17, 15) is 4.79 Å². The summed E-state index contributed by atoms with van der Waals surface area (Å²) in [5.41, 5.74) is 0.344. The SMILES string of the molecule is CC(Oc1cccc2c1OC(C)(C)C2)C(=O)OC(C)(C)C. The predicted octanol–water partition coefficient (Wildman–Crippen LogP) is 3.51. The van der Waals surface area contributed by atoms with Gasteiger partial charge in [-0.1, -0.05) is 12.1 Å². The molecule has 1 aromatic carbocycles. The number of hydrogen-bond acceptors (Lipinski definition) is 4. The number of carbonyl (C=O) groups is 1. The van der Waals surface area contributed by atoms with Crippen molar-refractivity contribution >= 4 is 5.97 Å². The molecule has 1 heterocycles. The molecule has 0 fully saturated rings. The van der Waals surface area contributed by atoms with Gasteiger partial charge in [0.05, 0.1) is 0 Å². The highest BCUT2D eigenvalue weighted by Crippen LogP contribution is 2.42. The van der Waals surface area contributed by atoms with E-state index in [4.69, 9.17) is 14.2 Å². The van der Waals surface area contributed by atoms with Crippen molar-refractivity contribution in [3.05, 3.63) is 23.8 Å². The maximum absolute atomic E-state index is 12.0. The maximum atomic E-state index is 12.0. The third-order valence-electron chi connectivity index (χ3n) is 3.10. The Hall–Kier alpha value is -1.71. The van der Waals surface area contributed by atoms with E-state index < -0.39 is 11.7 Å². The molecule has 4 nitrogen and oxygen atoms in total. The van der Waals surface area contributed by atoms with Crippen LogP contribution in [-0.2, 0) is 16.0 Å². The highest BCUT2D eigenvalue weighted by molar-refractivity contribution is 5.75. The number of rotatable bonds is 3. The first-order valence-electron chi connectivity index (χ1n) is 7.28. The zero-order valence-electron chi connectivity index (χ0n) is 13.6. The summed E-state index contributed by atoms with van der Waals surface area (Å²) < 4.78 is 17.0. The second kappa shape index (κ2) is 5.24. The van der Waals surface area contributed by atoms with Crippen LogP contribution in [0.5, 0.6) is 11.5 Å². The van der Waals surface area contributed by atoms with E-state index in [1.54, 1.807) is 6.92 Å². The second-order valence-corrected chi connectivity index (χ2v) is 7.08. The van der Waals surface area contributed by atoms with Gasteiger partial charge in [0.2, 0.25) is 0 Å². The molecule has 2 rings (SSSR count). The molecule has 0 saturated carbocycles. The Balaban J connectivity index is 2.12. The summed E-state index contributed by atoms with van der Waals surface area (Å²) in [4.78, 5) is 12.0. The average Bonchev–Trinajstić information content (AvgIpc) is 2.62. The first-order valence-corrected chi connectivity index (χ1v) is 7.28. The third kappa shape index (κ3) is 3.90. The van der Waals surface area contributed by atoms with Crippen LogP contribution in [0.4, 0.5) is 0 Å². The Morgan fingerprint density at radius 2 is 2.00 bits per heavy atom. The Morgan fingerprint density at radius 3 is 2.62 bits per heavy atom. The second-order valence-electron chi connectivity index (χ2n) is 7.08. The van der Waals surface area contributed by atoms with Gasteiger partial charge >= 0.3 is 5.97 Å². The molecule has 1 aliphatic rings. The van der Waals surface area contributed by atoms with Crippen LogP contribution in [-0.4, -0.2) is 23.3 Å². The van der Waals surface area contributed by atoms with Crippen molar-refractivity contribution in [1.82, 2.24) is 0 Å². The molecule has 0 amide bonds. The molecule has 21 heavy (non-hydrogen) atoms. The lowest BCUT2D eigenvalue weighted by Gasteiger charge is -2.23. The van der Waals surface area contributed by atoms with Crippen molar-refractivity contribution in [2.24, 2.45) is 0 Å². The zero-order chi connectivity index (χ0) is 15.8. The standard InChI is InChI=1S/C17H24O4/c1-11(15(18)21-16(2,3)4)19-13-9-7-8-12-10-17(5,6)20-14(12)13/h7-9,11H,10H2,1-6H3. The normalized spacial score (nSPS) is 17.6. The topological polar surface area (TPSA) is 44.8 Å². The number of hydrogen-bond donors (Lipinski definition) is 0. The molecule has 0 aromatic heterocycles. The van der Waals surface area contributed by atoms with E-state index in [-0.39, 0.29) is 11.6 Å². The van der Waals surface area contributed by atoms with Gasteiger partial charge in [0.15, 0.2) is 17.6 Å². The van der Waals surface area contributed by atoms with Gasteiger partial charge in [0.25, 0.3) is 0 Å². The molecule has 1 unspecified atom stereocenters. The van der Waals surface area contributed by atoms with Crippen molar-refractivity contribution in [2.75, 3.05) is 0 Å². The van der Waals surface area contributed by atoms with Gasteiger partial charge < -0.3 is 14.2 Å². The van der Waals surface area contributed by atoms with Crippen molar-refractivity contribution in [2.45, 2.75) is 65.3 Å². The van der Waals surface area contributed by atoms with E-state index in [2.05, 4.69) is 0 Å². The smallest absolute Gasteiger partial charge is 0.347 e. The van der Waals surface area contributed by atoms with Gasteiger partial charge in [-0.2, -0.15) is 0 Å². The molecule has 0 saturated heterocycles. The van der Waals surface area contributed by atoms with Gasteiger partial charge in [-0.05, 0) is 47.6 Å². The molecule has 1 atom stereocenters. The van der Waals surface area contributed by atoms with Crippen LogP contribution in [0.25, 0.3) is 0 Å². The van der Waals surface area contributed by atoms with Crippen LogP contribution in [0, 0.1) is 0 Å². The fraction of sp³-hybridized carbons (Fsp3) is 0.588. The van der Waals surface area contributed by atoms with Crippen LogP contribution >= 0.6 is 0 Å². The van der Waals surface area contributed by atoms with Crippen molar-refractivity contribution in [3.63, 3.8) is 0 Å². The predicted molar refractivity (Wildman–Crippen MR) is 80.8 cm³/mol. The molecule has 4 heteroatoms. The Bertz CT molecular complexity index is 540. The first kappa shape index (κ1) is 15.7. The Labute approximate surface area is 126 Å². The van der Waals surface area contributed by atoms with Crippen LogP contribution in [0.2, 0.25) is 0 Å². The highest BCUT2D eigenvalue weighted by Gasteiger charge is 2.33. The lowest BCUT2D eigenvalue weighted by molar-refractivity contribution is -0.162. The largest absolute Gasteiger partial charge is 0.483 e. The lowest BCUT2D eigenvalue weighted by Crippen LogP contribution is -2.33. The Kier molecular flexibility index (Phi) is 3.91. The van der Waals surface area contributed by atoms with Crippen molar-refractivity contribution in [3.8, 4) is 11.5 Å². The number of para-hydroxylation sites is 1. The lowest BCUT2D eigenvalue weighted by atomic mass is 10.0. The number of fused-ring (bicyclic) bond motifs is 1. The van der Waals surface area contributed by atoms with Gasteiger partial charge in [-0.25, -0.2) is 4.79 Å². The molecule has 0 spiro atoms.